The summed E-state index contributed by atoms with van der Waals surface area (Å²) in [6.45, 7) is 4.48. The van der Waals surface area contributed by atoms with Gasteiger partial charge in [0, 0.05) is 11.8 Å². The lowest BCUT2D eigenvalue weighted by molar-refractivity contribution is -0.148. The number of ether oxygens (including phenoxy) is 3. The molecular formula is C21H21NO5. The number of esters is 1. The molecule has 0 unspecified atom stereocenters. The first-order chi connectivity index (χ1) is 13.0. The molecular weight excluding hydrogens is 346 g/mol. The predicted molar refractivity (Wildman–Crippen MR) is 102 cm³/mol. The summed E-state index contributed by atoms with van der Waals surface area (Å²) >= 11 is 0. The number of carbonyl (C=O) groups excluding carboxylic acids is 2. The molecule has 0 aliphatic carbocycles. The van der Waals surface area contributed by atoms with Gasteiger partial charge in [0.2, 0.25) is 0 Å². The SMILES string of the molecule is Cc1cccc(NC(=O)[C@@H](C)OC(=O)/C=C/c2ccc3c(c2)OCCO3)c1. The molecule has 0 aromatic heterocycles. The first kappa shape index (κ1) is 18.5. The van der Waals surface area contributed by atoms with Gasteiger partial charge in [0.25, 0.3) is 5.91 Å². The summed E-state index contributed by atoms with van der Waals surface area (Å²) in [5, 5.41) is 2.73. The molecule has 1 aliphatic heterocycles. The fourth-order valence-corrected chi connectivity index (χ4v) is 2.56. The molecule has 3 rings (SSSR count). The highest BCUT2D eigenvalue weighted by Gasteiger charge is 2.17. The normalized spacial score (nSPS) is 13.9. The Labute approximate surface area is 157 Å². The number of carbonyl (C=O) groups is 2. The van der Waals surface area contributed by atoms with E-state index in [4.69, 9.17) is 14.2 Å². The molecule has 1 N–H and O–H groups in total. The van der Waals surface area contributed by atoms with Gasteiger partial charge in [-0.3, -0.25) is 4.79 Å². The van der Waals surface area contributed by atoms with Crippen molar-refractivity contribution in [3.8, 4) is 11.5 Å². The van der Waals surface area contributed by atoms with Crippen LogP contribution >= 0.6 is 0 Å². The largest absolute Gasteiger partial charge is 0.486 e. The number of anilines is 1. The fourth-order valence-electron chi connectivity index (χ4n) is 2.56. The quantitative estimate of drug-likeness (QED) is 0.648. The minimum atomic E-state index is -0.914. The van der Waals surface area contributed by atoms with Gasteiger partial charge in [-0.15, -0.1) is 0 Å². The van der Waals surface area contributed by atoms with E-state index < -0.39 is 12.1 Å². The zero-order chi connectivity index (χ0) is 19.2. The van der Waals surface area contributed by atoms with Crippen LogP contribution in [0.1, 0.15) is 18.1 Å². The molecule has 27 heavy (non-hydrogen) atoms. The van der Waals surface area contributed by atoms with Gasteiger partial charge >= 0.3 is 5.97 Å². The van der Waals surface area contributed by atoms with Crippen LogP contribution in [0.5, 0.6) is 11.5 Å². The van der Waals surface area contributed by atoms with E-state index in [1.54, 1.807) is 24.3 Å². The van der Waals surface area contributed by atoms with Crippen molar-refractivity contribution < 1.29 is 23.8 Å². The van der Waals surface area contributed by atoms with Crippen molar-refractivity contribution in [1.29, 1.82) is 0 Å². The predicted octanol–water partition coefficient (Wildman–Crippen LogP) is 3.35. The van der Waals surface area contributed by atoms with Crippen molar-refractivity contribution in [2.45, 2.75) is 20.0 Å². The third-order valence-electron chi connectivity index (χ3n) is 3.93. The molecule has 0 saturated carbocycles. The van der Waals surface area contributed by atoms with Crippen LogP contribution in [0.15, 0.2) is 48.5 Å². The highest BCUT2D eigenvalue weighted by molar-refractivity contribution is 5.96. The van der Waals surface area contributed by atoms with Gasteiger partial charge in [0.05, 0.1) is 0 Å². The molecule has 0 radical (unpaired) electrons. The standard InChI is InChI=1S/C21H21NO5/c1-14-4-3-5-17(12-14)22-21(24)15(2)27-20(23)9-7-16-6-8-18-19(13-16)26-11-10-25-18/h3-9,12-13,15H,10-11H2,1-2H3,(H,22,24)/b9-7+/t15-/m1/s1. The summed E-state index contributed by atoms with van der Waals surface area (Å²) in [4.78, 5) is 24.1. The average Bonchev–Trinajstić information content (AvgIpc) is 2.66. The summed E-state index contributed by atoms with van der Waals surface area (Å²) in [5.41, 5.74) is 2.46. The highest BCUT2D eigenvalue weighted by Crippen LogP contribution is 2.31. The maximum Gasteiger partial charge on any atom is 0.331 e. The van der Waals surface area contributed by atoms with Gasteiger partial charge in [-0.05, 0) is 55.3 Å². The molecule has 1 aliphatic rings. The van der Waals surface area contributed by atoms with Crippen molar-refractivity contribution in [1.82, 2.24) is 0 Å². The molecule has 6 nitrogen and oxygen atoms in total. The Hall–Kier alpha value is -3.28. The van der Waals surface area contributed by atoms with Crippen LogP contribution in [0, 0.1) is 6.92 Å². The molecule has 1 atom stereocenters. The summed E-state index contributed by atoms with van der Waals surface area (Å²) in [6, 6.07) is 12.8. The van der Waals surface area contributed by atoms with Crippen molar-refractivity contribution in [2.75, 3.05) is 18.5 Å². The minimum absolute atomic E-state index is 0.387. The number of hydrogen-bond acceptors (Lipinski definition) is 5. The second-order valence-electron chi connectivity index (χ2n) is 6.17. The zero-order valence-corrected chi connectivity index (χ0v) is 15.2. The zero-order valence-electron chi connectivity index (χ0n) is 15.2. The number of nitrogens with one attached hydrogen (secondary N) is 1. The van der Waals surface area contributed by atoms with E-state index in [0.717, 1.165) is 11.1 Å². The van der Waals surface area contributed by atoms with E-state index in [9.17, 15) is 9.59 Å². The van der Waals surface area contributed by atoms with E-state index in [1.165, 1.54) is 13.0 Å². The van der Waals surface area contributed by atoms with Crippen molar-refractivity contribution in [3.63, 3.8) is 0 Å². The maximum absolute atomic E-state index is 12.2. The Morgan fingerprint density at radius 2 is 1.89 bits per heavy atom. The summed E-state index contributed by atoms with van der Waals surface area (Å²) < 4.78 is 16.1. The van der Waals surface area contributed by atoms with Gasteiger partial charge < -0.3 is 19.5 Å². The van der Waals surface area contributed by atoms with Crippen LogP contribution in [-0.4, -0.2) is 31.2 Å². The number of rotatable bonds is 5. The second-order valence-corrected chi connectivity index (χ2v) is 6.17. The van der Waals surface area contributed by atoms with E-state index in [2.05, 4.69) is 5.32 Å². The van der Waals surface area contributed by atoms with Crippen LogP contribution in [0.25, 0.3) is 6.08 Å². The smallest absolute Gasteiger partial charge is 0.331 e. The molecule has 140 valence electrons. The third kappa shape index (κ3) is 5.10. The average molecular weight is 367 g/mol. The third-order valence-corrected chi connectivity index (χ3v) is 3.93. The molecule has 0 fully saturated rings. The van der Waals surface area contributed by atoms with E-state index in [1.807, 2.05) is 31.2 Å². The molecule has 1 amide bonds. The highest BCUT2D eigenvalue weighted by atomic mass is 16.6. The molecule has 1 heterocycles. The maximum atomic E-state index is 12.2. The molecule has 2 aromatic rings. The Morgan fingerprint density at radius 3 is 2.67 bits per heavy atom. The van der Waals surface area contributed by atoms with Crippen molar-refractivity contribution >= 4 is 23.6 Å². The number of aryl methyl sites for hydroxylation is 1. The molecule has 6 heteroatoms. The summed E-state index contributed by atoms with van der Waals surface area (Å²) in [5.74, 6) is 0.337. The van der Waals surface area contributed by atoms with Gasteiger partial charge in [0.1, 0.15) is 13.2 Å². The molecule has 2 aromatic carbocycles. The number of fused-ring (bicyclic) bond motifs is 1. The van der Waals surface area contributed by atoms with Crippen molar-refractivity contribution in [2.24, 2.45) is 0 Å². The second kappa shape index (κ2) is 8.40. The first-order valence-electron chi connectivity index (χ1n) is 8.67. The van der Waals surface area contributed by atoms with Crippen LogP contribution < -0.4 is 14.8 Å². The van der Waals surface area contributed by atoms with Gasteiger partial charge in [-0.1, -0.05) is 18.2 Å². The topological polar surface area (TPSA) is 73.9 Å². The van der Waals surface area contributed by atoms with Gasteiger partial charge in [0.15, 0.2) is 17.6 Å². The van der Waals surface area contributed by atoms with Crippen LogP contribution in [-0.2, 0) is 14.3 Å². The number of amides is 1. The Bertz CT molecular complexity index is 875. The summed E-state index contributed by atoms with van der Waals surface area (Å²) in [6.07, 6.45) is 1.97. The monoisotopic (exact) mass is 367 g/mol. The number of benzene rings is 2. The minimum Gasteiger partial charge on any atom is -0.486 e. The Morgan fingerprint density at radius 1 is 1.11 bits per heavy atom. The van der Waals surface area contributed by atoms with Crippen LogP contribution in [0.4, 0.5) is 5.69 Å². The van der Waals surface area contributed by atoms with E-state index in [0.29, 0.717) is 30.4 Å². The van der Waals surface area contributed by atoms with Crippen LogP contribution in [0.3, 0.4) is 0 Å². The number of hydrogen-bond donors (Lipinski definition) is 1. The first-order valence-corrected chi connectivity index (χ1v) is 8.67. The molecule has 0 bridgehead atoms. The molecule has 0 spiro atoms. The van der Waals surface area contributed by atoms with Gasteiger partial charge in [-0.25, -0.2) is 4.79 Å². The lowest BCUT2D eigenvalue weighted by Crippen LogP contribution is -2.29. The van der Waals surface area contributed by atoms with Crippen molar-refractivity contribution in [3.05, 3.63) is 59.7 Å². The fraction of sp³-hybridized carbons (Fsp3) is 0.238. The Balaban J connectivity index is 1.55. The van der Waals surface area contributed by atoms with E-state index in [-0.39, 0.29) is 5.91 Å². The lowest BCUT2D eigenvalue weighted by Gasteiger charge is -2.18. The molecule has 0 saturated heterocycles. The van der Waals surface area contributed by atoms with Crippen LogP contribution in [0.2, 0.25) is 0 Å². The Kier molecular flexibility index (Phi) is 5.76. The lowest BCUT2D eigenvalue weighted by atomic mass is 10.2. The summed E-state index contributed by atoms with van der Waals surface area (Å²) in [7, 11) is 0. The van der Waals surface area contributed by atoms with Gasteiger partial charge in [-0.2, -0.15) is 0 Å². The van der Waals surface area contributed by atoms with E-state index >= 15 is 0 Å².